The molecule has 0 fully saturated rings. The number of hydrogen-bond acceptors (Lipinski definition) is 3. The summed E-state index contributed by atoms with van der Waals surface area (Å²) >= 11 is 0. The Bertz CT molecular complexity index is 548. The summed E-state index contributed by atoms with van der Waals surface area (Å²) in [6.07, 6.45) is 2.10. The Balaban J connectivity index is 1.79. The topological polar surface area (TPSA) is 62.5 Å². The summed E-state index contributed by atoms with van der Waals surface area (Å²) in [6.45, 7) is 1.02. The molecule has 0 amide bonds. The molecule has 2 N–H and O–H groups in total. The van der Waals surface area contributed by atoms with Crippen molar-refractivity contribution in [2.24, 2.45) is 0 Å². The van der Waals surface area contributed by atoms with Crippen LogP contribution in [0.4, 0.5) is 4.39 Å². The molecule has 4 nitrogen and oxygen atoms in total. The van der Waals surface area contributed by atoms with Crippen LogP contribution in [0, 0.1) is 5.82 Å². The zero-order valence-corrected chi connectivity index (χ0v) is 10.2. The first-order chi connectivity index (χ1) is 9.16. The number of hydrogen-bond donors (Lipinski definition) is 2. The fraction of sp³-hybridized carbons (Fsp3) is 0.214. The highest BCUT2D eigenvalue weighted by atomic mass is 19.1. The molecule has 0 aliphatic rings. The summed E-state index contributed by atoms with van der Waals surface area (Å²) in [5, 5.41) is 12.0. The van der Waals surface area contributed by atoms with Crippen molar-refractivity contribution in [3.63, 3.8) is 0 Å². The summed E-state index contributed by atoms with van der Waals surface area (Å²) in [7, 11) is 0. The predicted octanol–water partition coefficient (Wildman–Crippen LogP) is 2.45. The summed E-state index contributed by atoms with van der Waals surface area (Å²) in [5.74, 6) is -0.839. The first-order valence-electron chi connectivity index (χ1n) is 5.91. The van der Waals surface area contributed by atoms with Crippen LogP contribution < -0.4 is 5.32 Å². The van der Waals surface area contributed by atoms with Gasteiger partial charge in [0.15, 0.2) is 0 Å². The predicted molar refractivity (Wildman–Crippen MR) is 67.5 cm³/mol. The molecule has 19 heavy (non-hydrogen) atoms. The maximum atomic E-state index is 12.7. The van der Waals surface area contributed by atoms with Gasteiger partial charge in [-0.2, -0.15) is 0 Å². The SMILES string of the molecule is O=C(O)c1ccoc1CNCCc1ccc(F)cc1. The van der Waals surface area contributed by atoms with E-state index in [0.717, 1.165) is 12.0 Å². The van der Waals surface area contributed by atoms with E-state index in [1.54, 1.807) is 12.1 Å². The second-order valence-electron chi connectivity index (χ2n) is 4.12. The highest BCUT2D eigenvalue weighted by Crippen LogP contribution is 2.10. The fourth-order valence-electron chi connectivity index (χ4n) is 1.75. The Kier molecular flexibility index (Phi) is 4.30. The minimum atomic E-state index is -0.996. The van der Waals surface area contributed by atoms with Gasteiger partial charge >= 0.3 is 5.97 Å². The smallest absolute Gasteiger partial charge is 0.339 e. The van der Waals surface area contributed by atoms with Crippen LogP contribution in [0.5, 0.6) is 0 Å². The number of furan rings is 1. The Labute approximate surface area is 109 Å². The number of rotatable bonds is 6. The molecular formula is C14H14FNO3. The number of benzene rings is 1. The molecular weight excluding hydrogens is 249 g/mol. The molecule has 1 aromatic carbocycles. The van der Waals surface area contributed by atoms with Crippen LogP contribution in [-0.4, -0.2) is 17.6 Å². The Morgan fingerprint density at radius 3 is 2.68 bits per heavy atom. The largest absolute Gasteiger partial charge is 0.478 e. The van der Waals surface area contributed by atoms with Gasteiger partial charge in [0, 0.05) is 0 Å². The van der Waals surface area contributed by atoms with Crippen molar-refractivity contribution >= 4 is 5.97 Å². The molecule has 1 heterocycles. The lowest BCUT2D eigenvalue weighted by atomic mass is 10.1. The van der Waals surface area contributed by atoms with Gasteiger partial charge in [-0.05, 0) is 36.7 Å². The molecule has 0 saturated carbocycles. The number of carbonyl (C=O) groups is 1. The molecule has 0 aliphatic carbocycles. The molecule has 1 aromatic heterocycles. The standard InChI is InChI=1S/C14H14FNO3/c15-11-3-1-10(2-4-11)5-7-16-9-13-12(14(17)18)6-8-19-13/h1-4,6,8,16H,5,7,9H2,(H,17,18). The first-order valence-corrected chi connectivity index (χ1v) is 5.91. The van der Waals surface area contributed by atoms with Crippen LogP contribution >= 0.6 is 0 Å². The highest BCUT2D eigenvalue weighted by Gasteiger charge is 2.12. The zero-order chi connectivity index (χ0) is 13.7. The van der Waals surface area contributed by atoms with Crippen molar-refractivity contribution in [2.45, 2.75) is 13.0 Å². The van der Waals surface area contributed by atoms with Gasteiger partial charge in [0.25, 0.3) is 0 Å². The maximum absolute atomic E-state index is 12.7. The summed E-state index contributed by atoms with van der Waals surface area (Å²) in [4.78, 5) is 10.8. The molecule has 0 atom stereocenters. The molecule has 5 heteroatoms. The van der Waals surface area contributed by atoms with E-state index in [2.05, 4.69) is 5.32 Å². The number of carboxylic acid groups (broad SMARTS) is 1. The first kappa shape index (κ1) is 13.3. The van der Waals surface area contributed by atoms with E-state index in [-0.39, 0.29) is 11.4 Å². The van der Waals surface area contributed by atoms with Gasteiger partial charge < -0.3 is 14.8 Å². The van der Waals surface area contributed by atoms with E-state index in [1.165, 1.54) is 24.5 Å². The Morgan fingerprint density at radius 2 is 2.00 bits per heavy atom. The molecule has 0 spiro atoms. The number of halogens is 1. The third-order valence-corrected chi connectivity index (χ3v) is 2.77. The molecule has 0 aliphatic heterocycles. The lowest BCUT2D eigenvalue weighted by Crippen LogP contribution is -2.17. The zero-order valence-electron chi connectivity index (χ0n) is 10.2. The third-order valence-electron chi connectivity index (χ3n) is 2.77. The average molecular weight is 263 g/mol. The van der Waals surface area contributed by atoms with Crippen LogP contribution in [0.1, 0.15) is 21.7 Å². The number of carboxylic acids is 1. The van der Waals surface area contributed by atoms with E-state index in [0.29, 0.717) is 18.8 Å². The van der Waals surface area contributed by atoms with Gasteiger partial charge in [0.1, 0.15) is 17.1 Å². The molecule has 0 radical (unpaired) electrons. The molecule has 2 aromatic rings. The van der Waals surface area contributed by atoms with Crippen molar-refractivity contribution in [3.8, 4) is 0 Å². The van der Waals surface area contributed by atoms with Crippen LogP contribution in [-0.2, 0) is 13.0 Å². The van der Waals surface area contributed by atoms with Crippen molar-refractivity contribution in [3.05, 3.63) is 59.3 Å². The molecule has 0 bridgehead atoms. The molecule has 2 rings (SSSR count). The van der Waals surface area contributed by atoms with E-state index < -0.39 is 5.97 Å². The maximum Gasteiger partial charge on any atom is 0.339 e. The van der Waals surface area contributed by atoms with Gasteiger partial charge in [-0.25, -0.2) is 9.18 Å². The van der Waals surface area contributed by atoms with Gasteiger partial charge in [-0.15, -0.1) is 0 Å². The van der Waals surface area contributed by atoms with Gasteiger partial charge in [0.05, 0.1) is 12.8 Å². The van der Waals surface area contributed by atoms with Crippen molar-refractivity contribution in [1.82, 2.24) is 5.32 Å². The second kappa shape index (κ2) is 6.15. The Morgan fingerprint density at radius 1 is 1.26 bits per heavy atom. The second-order valence-corrected chi connectivity index (χ2v) is 4.12. The van der Waals surface area contributed by atoms with Gasteiger partial charge in [-0.1, -0.05) is 12.1 Å². The van der Waals surface area contributed by atoms with E-state index in [9.17, 15) is 9.18 Å². The third kappa shape index (κ3) is 3.66. The lowest BCUT2D eigenvalue weighted by molar-refractivity contribution is 0.0694. The number of aromatic carboxylic acids is 1. The van der Waals surface area contributed by atoms with Crippen LogP contribution in [0.2, 0.25) is 0 Å². The minimum Gasteiger partial charge on any atom is -0.478 e. The highest BCUT2D eigenvalue weighted by molar-refractivity contribution is 5.88. The molecule has 0 unspecified atom stereocenters. The van der Waals surface area contributed by atoms with Crippen molar-refractivity contribution in [1.29, 1.82) is 0 Å². The van der Waals surface area contributed by atoms with Crippen LogP contribution in [0.15, 0.2) is 41.0 Å². The van der Waals surface area contributed by atoms with E-state index in [4.69, 9.17) is 9.52 Å². The lowest BCUT2D eigenvalue weighted by Gasteiger charge is -2.04. The number of nitrogens with one attached hydrogen (secondary N) is 1. The normalized spacial score (nSPS) is 10.6. The molecule has 0 saturated heterocycles. The summed E-state index contributed by atoms with van der Waals surface area (Å²) in [6, 6.07) is 7.73. The van der Waals surface area contributed by atoms with Gasteiger partial charge in [0.2, 0.25) is 0 Å². The Hall–Kier alpha value is -2.14. The summed E-state index contributed by atoms with van der Waals surface area (Å²) < 4.78 is 17.8. The fourth-order valence-corrected chi connectivity index (χ4v) is 1.75. The van der Waals surface area contributed by atoms with E-state index in [1.807, 2.05) is 0 Å². The van der Waals surface area contributed by atoms with Gasteiger partial charge in [-0.3, -0.25) is 0 Å². The molecule has 100 valence electrons. The average Bonchev–Trinajstić information content (AvgIpc) is 2.85. The van der Waals surface area contributed by atoms with Crippen LogP contribution in [0.3, 0.4) is 0 Å². The van der Waals surface area contributed by atoms with Crippen LogP contribution in [0.25, 0.3) is 0 Å². The van der Waals surface area contributed by atoms with E-state index >= 15 is 0 Å². The van der Waals surface area contributed by atoms with Crippen molar-refractivity contribution < 1.29 is 18.7 Å². The quantitative estimate of drug-likeness (QED) is 0.786. The van der Waals surface area contributed by atoms with Crippen molar-refractivity contribution in [2.75, 3.05) is 6.54 Å². The minimum absolute atomic E-state index is 0.175. The summed E-state index contributed by atoms with van der Waals surface area (Å²) in [5.41, 5.74) is 1.20. The monoisotopic (exact) mass is 263 g/mol.